The average molecular weight is 130 g/mol. The molecule has 1 saturated carbocycles. The van der Waals surface area contributed by atoms with E-state index in [9.17, 15) is 4.79 Å². The molecule has 0 aromatic heterocycles. The van der Waals surface area contributed by atoms with Crippen LogP contribution in [0, 0.1) is 5.41 Å². The van der Waals surface area contributed by atoms with Gasteiger partial charge in [-0.2, -0.15) is 0 Å². The van der Waals surface area contributed by atoms with Crippen LogP contribution >= 0.6 is 0 Å². The molecule has 0 unspecified atom stereocenters. The maximum absolute atomic E-state index is 9.85. The molecule has 0 spiro atoms. The van der Waals surface area contributed by atoms with Gasteiger partial charge in [-0.1, -0.05) is 6.92 Å². The molecule has 1 rings (SSSR count). The summed E-state index contributed by atoms with van der Waals surface area (Å²) in [5.74, 6) is 0. The lowest BCUT2D eigenvalue weighted by molar-refractivity contribution is 0.0753. The summed E-state index contributed by atoms with van der Waals surface area (Å²) in [6, 6.07) is 0. The number of ether oxygens (including phenoxy) is 1. The Balaban J connectivity index is 2.12. The van der Waals surface area contributed by atoms with E-state index in [0.717, 1.165) is 12.8 Å². The summed E-state index contributed by atoms with van der Waals surface area (Å²) in [6.07, 6.45) is 1.03. The smallest absolute Gasteiger partial charge is 0.450 e. The molecule has 3 nitrogen and oxygen atoms in total. The van der Waals surface area contributed by atoms with Crippen molar-refractivity contribution in [2.75, 3.05) is 6.61 Å². The minimum absolute atomic E-state index is 0.179. The third kappa shape index (κ3) is 1.91. The Hall–Kier alpha value is -0.730. The van der Waals surface area contributed by atoms with Gasteiger partial charge in [0.15, 0.2) is 0 Å². The molecule has 0 saturated heterocycles. The summed E-state index contributed by atoms with van der Waals surface area (Å²) in [4.78, 5) is 9.85. The molecule has 1 aliphatic carbocycles. The van der Waals surface area contributed by atoms with Crippen LogP contribution in [0.4, 0.5) is 4.79 Å². The fourth-order valence-corrected chi connectivity index (χ4v) is 0.594. The van der Waals surface area contributed by atoms with E-state index < -0.39 is 6.16 Å². The second-order valence-corrected chi connectivity index (χ2v) is 2.87. The van der Waals surface area contributed by atoms with E-state index in [-0.39, 0.29) is 5.41 Å². The molecular weight excluding hydrogens is 120 g/mol. The van der Waals surface area contributed by atoms with Crippen LogP contribution in [0.5, 0.6) is 0 Å². The standard InChI is InChI=1S/C6H10O3/c1-6(2-3-6)4-9-5(7)8/h2-4H2,1H3,(H,7,8). The summed E-state index contributed by atoms with van der Waals surface area (Å²) in [7, 11) is 0. The molecule has 52 valence electrons. The lowest BCUT2D eigenvalue weighted by Gasteiger charge is -2.04. The van der Waals surface area contributed by atoms with E-state index in [2.05, 4.69) is 4.74 Å². The van der Waals surface area contributed by atoms with Crippen molar-refractivity contribution in [3.05, 3.63) is 0 Å². The van der Waals surface area contributed by atoms with Gasteiger partial charge in [0.05, 0.1) is 0 Å². The van der Waals surface area contributed by atoms with Crippen molar-refractivity contribution >= 4 is 6.16 Å². The van der Waals surface area contributed by atoms with Gasteiger partial charge in [0.25, 0.3) is 0 Å². The van der Waals surface area contributed by atoms with Crippen LogP contribution < -0.4 is 0 Å². The molecule has 0 atom stereocenters. The largest absolute Gasteiger partial charge is 0.505 e. The van der Waals surface area contributed by atoms with Gasteiger partial charge in [0.1, 0.15) is 6.61 Å². The highest BCUT2D eigenvalue weighted by molar-refractivity contribution is 5.56. The SMILES string of the molecule is CC1(COC(=O)O)CC1. The highest BCUT2D eigenvalue weighted by Gasteiger charge is 2.38. The first-order valence-electron chi connectivity index (χ1n) is 2.98. The number of hydrogen-bond donors (Lipinski definition) is 1. The fourth-order valence-electron chi connectivity index (χ4n) is 0.594. The molecule has 1 N–H and O–H groups in total. The van der Waals surface area contributed by atoms with Gasteiger partial charge in [0.2, 0.25) is 0 Å². The van der Waals surface area contributed by atoms with E-state index in [1.54, 1.807) is 0 Å². The Morgan fingerprint density at radius 2 is 2.33 bits per heavy atom. The van der Waals surface area contributed by atoms with Crippen LogP contribution in [-0.2, 0) is 4.74 Å². The number of hydrogen-bond acceptors (Lipinski definition) is 2. The van der Waals surface area contributed by atoms with Crippen molar-refractivity contribution in [1.29, 1.82) is 0 Å². The molecule has 0 aromatic rings. The molecule has 1 aliphatic rings. The van der Waals surface area contributed by atoms with Crippen LogP contribution in [0.2, 0.25) is 0 Å². The van der Waals surface area contributed by atoms with Crippen LogP contribution in [0.25, 0.3) is 0 Å². The van der Waals surface area contributed by atoms with E-state index in [0.29, 0.717) is 6.61 Å². The highest BCUT2D eigenvalue weighted by Crippen LogP contribution is 2.44. The molecule has 0 bridgehead atoms. The Labute approximate surface area is 53.6 Å². The van der Waals surface area contributed by atoms with Crippen molar-refractivity contribution in [1.82, 2.24) is 0 Å². The lowest BCUT2D eigenvalue weighted by atomic mass is 10.2. The first-order valence-corrected chi connectivity index (χ1v) is 2.98. The Kier molecular flexibility index (Phi) is 1.35. The Bertz CT molecular complexity index is 126. The van der Waals surface area contributed by atoms with Crippen molar-refractivity contribution in [3.8, 4) is 0 Å². The molecule has 0 amide bonds. The zero-order chi connectivity index (χ0) is 6.91. The van der Waals surface area contributed by atoms with E-state index in [4.69, 9.17) is 5.11 Å². The van der Waals surface area contributed by atoms with Gasteiger partial charge < -0.3 is 9.84 Å². The van der Waals surface area contributed by atoms with E-state index >= 15 is 0 Å². The predicted octanol–water partition coefficient (Wildman–Crippen LogP) is 1.48. The molecule has 0 aromatic carbocycles. The van der Waals surface area contributed by atoms with Crippen molar-refractivity contribution in [2.24, 2.45) is 5.41 Å². The summed E-state index contributed by atoms with van der Waals surface area (Å²) in [6.45, 7) is 2.39. The topological polar surface area (TPSA) is 46.5 Å². The van der Waals surface area contributed by atoms with Gasteiger partial charge in [-0.3, -0.25) is 0 Å². The van der Waals surface area contributed by atoms with Crippen molar-refractivity contribution < 1.29 is 14.6 Å². The van der Waals surface area contributed by atoms with Gasteiger partial charge >= 0.3 is 6.16 Å². The summed E-state index contributed by atoms with van der Waals surface area (Å²) >= 11 is 0. The summed E-state index contributed by atoms with van der Waals surface area (Å²) < 4.78 is 4.39. The van der Waals surface area contributed by atoms with Crippen molar-refractivity contribution in [2.45, 2.75) is 19.8 Å². The number of rotatable bonds is 2. The maximum Gasteiger partial charge on any atom is 0.505 e. The molecule has 0 radical (unpaired) electrons. The van der Waals surface area contributed by atoms with Gasteiger partial charge in [-0.15, -0.1) is 0 Å². The summed E-state index contributed by atoms with van der Waals surface area (Å²) in [5, 5.41) is 8.08. The monoisotopic (exact) mass is 130 g/mol. The van der Waals surface area contributed by atoms with Gasteiger partial charge in [-0.25, -0.2) is 4.79 Å². The second-order valence-electron chi connectivity index (χ2n) is 2.87. The van der Waals surface area contributed by atoms with E-state index in [1.165, 1.54) is 0 Å². The van der Waals surface area contributed by atoms with Crippen LogP contribution in [0.1, 0.15) is 19.8 Å². The van der Waals surface area contributed by atoms with Crippen LogP contribution in [0.15, 0.2) is 0 Å². The maximum atomic E-state index is 9.85. The molecule has 0 aliphatic heterocycles. The Morgan fingerprint density at radius 1 is 1.78 bits per heavy atom. The first-order chi connectivity index (χ1) is 4.12. The number of carboxylic acid groups (broad SMARTS) is 1. The normalized spacial score (nSPS) is 21.0. The lowest BCUT2D eigenvalue weighted by Crippen LogP contribution is -2.09. The minimum Gasteiger partial charge on any atom is -0.450 e. The van der Waals surface area contributed by atoms with Gasteiger partial charge in [0, 0.05) is 5.41 Å². The molecule has 1 fully saturated rings. The van der Waals surface area contributed by atoms with Gasteiger partial charge in [-0.05, 0) is 12.8 Å². The zero-order valence-electron chi connectivity index (χ0n) is 5.39. The minimum atomic E-state index is -1.16. The Morgan fingerprint density at radius 3 is 2.67 bits per heavy atom. The molecular formula is C6H10O3. The van der Waals surface area contributed by atoms with E-state index in [1.807, 2.05) is 6.92 Å². The van der Waals surface area contributed by atoms with Crippen molar-refractivity contribution in [3.63, 3.8) is 0 Å². The third-order valence-corrected chi connectivity index (χ3v) is 1.65. The molecule has 9 heavy (non-hydrogen) atoms. The highest BCUT2D eigenvalue weighted by atomic mass is 16.7. The van der Waals surface area contributed by atoms with Crippen LogP contribution in [0.3, 0.4) is 0 Å². The fraction of sp³-hybridized carbons (Fsp3) is 0.833. The molecule has 3 heteroatoms. The average Bonchev–Trinajstić information content (AvgIpc) is 2.45. The third-order valence-electron chi connectivity index (χ3n) is 1.65. The quantitative estimate of drug-likeness (QED) is 0.576. The second kappa shape index (κ2) is 1.90. The van der Waals surface area contributed by atoms with Crippen LogP contribution in [-0.4, -0.2) is 17.9 Å². The molecule has 0 heterocycles. The zero-order valence-corrected chi connectivity index (χ0v) is 5.39. The predicted molar refractivity (Wildman–Crippen MR) is 31.3 cm³/mol. The number of carbonyl (C=O) groups is 1. The summed E-state index contributed by atoms with van der Waals surface area (Å²) in [5.41, 5.74) is 0.179. The first kappa shape index (κ1) is 6.39.